The molecular formula is C15H15F2N3OS. The van der Waals surface area contributed by atoms with Crippen LogP contribution in [0.5, 0.6) is 0 Å². The molecule has 3 rings (SSSR count). The number of hydrogen-bond acceptors (Lipinski definition) is 4. The van der Waals surface area contributed by atoms with Crippen LogP contribution in [0.3, 0.4) is 0 Å². The highest BCUT2D eigenvalue weighted by molar-refractivity contribution is 7.15. The number of amides is 1. The summed E-state index contributed by atoms with van der Waals surface area (Å²) < 4.78 is 26.7. The summed E-state index contributed by atoms with van der Waals surface area (Å²) in [6.07, 6.45) is 3.82. The van der Waals surface area contributed by atoms with Crippen molar-refractivity contribution in [3.63, 3.8) is 0 Å². The standard InChI is InChI=1S/C15H15F2N3OS/c16-10-1-2-12(17)11(7-10)14(21)20-15-19-8-13(22-15)9-3-5-18-6-4-9/h1-2,7-9,18H,3-6H2,(H,19,20,21). The summed E-state index contributed by atoms with van der Waals surface area (Å²) in [5.74, 6) is -1.66. The molecule has 0 unspecified atom stereocenters. The monoisotopic (exact) mass is 323 g/mol. The zero-order valence-corrected chi connectivity index (χ0v) is 12.6. The number of rotatable bonds is 3. The van der Waals surface area contributed by atoms with Gasteiger partial charge in [0.25, 0.3) is 5.91 Å². The van der Waals surface area contributed by atoms with Gasteiger partial charge in [-0.1, -0.05) is 0 Å². The Bertz CT molecular complexity index is 683. The van der Waals surface area contributed by atoms with Gasteiger partial charge in [0, 0.05) is 11.1 Å². The molecule has 116 valence electrons. The van der Waals surface area contributed by atoms with E-state index < -0.39 is 17.5 Å². The molecule has 1 aromatic heterocycles. The van der Waals surface area contributed by atoms with Gasteiger partial charge in [0.2, 0.25) is 0 Å². The van der Waals surface area contributed by atoms with Crippen LogP contribution in [0.25, 0.3) is 0 Å². The number of thiazole rings is 1. The summed E-state index contributed by atoms with van der Waals surface area (Å²) in [6, 6.07) is 2.79. The molecule has 0 bridgehead atoms. The molecule has 2 heterocycles. The van der Waals surface area contributed by atoms with Gasteiger partial charge in [-0.05, 0) is 50.0 Å². The Morgan fingerprint density at radius 3 is 2.86 bits per heavy atom. The van der Waals surface area contributed by atoms with Gasteiger partial charge in [-0.3, -0.25) is 10.1 Å². The summed E-state index contributed by atoms with van der Waals surface area (Å²) in [5, 5.41) is 6.23. The third-order valence-electron chi connectivity index (χ3n) is 3.66. The molecule has 1 saturated heterocycles. The molecule has 0 atom stereocenters. The fourth-order valence-electron chi connectivity index (χ4n) is 2.48. The number of halogens is 2. The SMILES string of the molecule is O=C(Nc1ncc(C2CCNCC2)s1)c1cc(F)ccc1F. The van der Waals surface area contributed by atoms with E-state index in [1.54, 1.807) is 6.20 Å². The highest BCUT2D eigenvalue weighted by Gasteiger charge is 2.19. The lowest BCUT2D eigenvalue weighted by atomic mass is 9.97. The van der Waals surface area contributed by atoms with Crippen molar-refractivity contribution < 1.29 is 13.6 Å². The van der Waals surface area contributed by atoms with Crippen molar-refractivity contribution in [3.8, 4) is 0 Å². The first-order valence-electron chi connectivity index (χ1n) is 7.06. The molecule has 7 heteroatoms. The Morgan fingerprint density at radius 1 is 1.32 bits per heavy atom. The number of nitrogens with one attached hydrogen (secondary N) is 2. The van der Waals surface area contributed by atoms with Crippen LogP contribution < -0.4 is 10.6 Å². The number of hydrogen-bond donors (Lipinski definition) is 2. The maximum absolute atomic E-state index is 13.6. The number of carbonyl (C=O) groups excluding carboxylic acids is 1. The first kappa shape index (κ1) is 15.1. The van der Waals surface area contributed by atoms with Crippen molar-refractivity contribution >= 4 is 22.4 Å². The van der Waals surface area contributed by atoms with E-state index in [0.717, 1.165) is 49.0 Å². The van der Waals surface area contributed by atoms with E-state index in [1.807, 2.05) is 0 Å². The second-order valence-corrected chi connectivity index (χ2v) is 6.23. The van der Waals surface area contributed by atoms with Crippen LogP contribution in [0, 0.1) is 11.6 Å². The van der Waals surface area contributed by atoms with Crippen molar-refractivity contribution in [3.05, 3.63) is 46.5 Å². The summed E-state index contributed by atoms with van der Waals surface area (Å²) in [6.45, 7) is 1.94. The largest absolute Gasteiger partial charge is 0.317 e. The quantitative estimate of drug-likeness (QED) is 0.912. The molecule has 0 aliphatic carbocycles. The van der Waals surface area contributed by atoms with Gasteiger partial charge < -0.3 is 5.32 Å². The zero-order chi connectivity index (χ0) is 15.5. The van der Waals surface area contributed by atoms with Gasteiger partial charge in [-0.15, -0.1) is 11.3 Å². The lowest BCUT2D eigenvalue weighted by molar-refractivity contribution is 0.102. The van der Waals surface area contributed by atoms with Crippen LogP contribution in [0.1, 0.15) is 34.0 Å². The van der Waals surface area contributed by atoms with Crippen molar-refractivity contribution in [1.82, 2.24) is 10.3 Å². The third-order valence-corrected chi connectivity index (χ3v) is 4.73. The number of aromatic nitrogens is 1. The lowest BCUT2D eigenvalue weighted by Gasteiger charge is -2.20. The Labute approximate surface area is 130 Å². The first-order chi connectivity index (χ1) is 10.6. The van der Waals surface area contributed by atoms with Crippen LogP contribution in [-0.4, -0.2) is 24.0 Å². The van der Waals surface area contributed by atoms with Gasteiger partial charge in [-0.25, -0.2) is 13.8 Å². The van der Waals surface area contributed by atoms with Crippen LogP contribution in [0.15, 0.2) is 24.4 Å². The van der Waals surface area contributed by atoms with Crippen molar-refractivity contribution in [1.29, 1.82) is 0 Å². The fourth-order valence-corrected chi connectivity index (χ4v) is 3.46. The van der Waals surface area contributed by atoms with Gasteiger partial charge in [0.1, 0.15) is 11.6 Å². The van der Waals surface area contributed by atoms with Crippen molar-refractivity contribution in [2.75, 3.05) is 18.4 Å². The number of benzene rings is 1. The minimum atomic E-state index is -0.756. The molecule has 1 fully saturated rings. The van der Waals surface area contributed by atoms with Crippen molar-refractivity contribution in [2.24, 2.45) is 0 Å². The second-order valence-electron chi connectivity index (χ2n) is 5.17. The minimum Gasteiger partial charge on any atom is -0.317 e. The first-order valence-corrected chi connectivity index (χ1v) is 7.88. The summed E-state index contributed by atoms with van der Waals surface area (Å²) in [4.78, 5) is 17.3. The normalized spacial score (nSPS) is 15.7. The second kappa shape index (κ2) is 6.50. The molecule has 0 saturated carbocycles. The maximum Gasteiger partial charge on any atom is 0.260 e. The Morgan fingerprint density at radius 2 is 2.09 bits per heavy atom. The number of anilines is 1. The van der Waals surface area contributed by atoms with Gasteiger partial charge >= 0.3 is 0 Å². The topological polar surface area (TPSA) is 54.0 Å². The van der Waals surface area contributed by atoms with Crippen LogP contribution in [0.4, 0.5) is 13.9 Å². The summed E-state index contributed by atoms with van der Waals surface area (Å²) in [5.41, 5.74) is -0.321. The lowest BCUT2D eigenvalue weighted by Crippen LogP contribution is -2.26. The molecular weight excluding hydrogens is 308 g/mol. The van der Waals surface area contributed by atoms with Crippen molar-refractivity contribution in [2.45, 2.75) is 18.8 Å². The van der Waals surface area contributed by atoms with Crippen LogP contribution in [0.2, 0.25) is 0 Å². The predicted molar refractivity (Wildman–Crippen MR) is 81.3 cm³/mol. The average Bonchev–Trinajstić information content (AvgIpc) is 2.99. The molecule has 0 spiro atoms. The smallest absolute Gasteiger partial charge is 0.260 e. The fraction of sp³-hybridized carbons (Fsp3) is 0.333. The van der Waals surface area contributed by atoms with E-state index in [1.165, 1.54) is 11.3 Å². The molecule has 0 radical (unpaired) electrons. The summed E-state index contributed by atoms with van der Waals surface area (Å²) >= 11 is 1.39. The van der Waals surface area contributed by atoms with E-state index >= 15 is 0 Å². The Balaban J connectivity index is 1.71. The Hall–Kier alpha value is -1.86. The predicted octanol–water partition coefficient (Wildman–Crippen LogP) is 3.14. The molecule has 1 amide bonds. The minimum absolute atomic E-state index is 0.321. The zero-order valence-electron chi connectivity index (χ0n) is 11.7. The third kappa shape index (κ3) is 3.31. The van der Waals surface area contributed by atoms with E-state index in [0.29, 0.717) is 11.0 Å². The molecule has 22 heavy (non-hydrogen) atoms. The molecule has 2 aromatic rings. The summed E-state index contributed by atoms with van der Waals surface area (Å²) in [7, 11) is 0. The van der Waals surface area contributed by atoms with E-state index in [9.17, 15) is 13.6 Å². The van der Waals surface area contributed by atoms with E-state index in [4.69, 9.17) is 0 Å². The molecule has 1 aromatic carbocycles. The van der Waals surface area contributed by atoms with Gasteiger partial charge in [-0.2, -0.15) is 0 Å². The number of piperidine rings is 1. The van der Waals surface area contributed by atoms with Gasteiger partial charge in [0.15, 0.2) is 5.13 Å². The molecule has 4 nitrogen and oxygen atoms in total. The molecule has 2 N–H and O–H groups in total. The Kier molecular flexibility index (Phi) is 4.44. The highest BCUT2D eigenvalue weighted by Crippen LogP contribution is 2.31. The maximum atomic E-state index is 13.6. The highest BCUT2D eigenvalue weighted by atomic mass is 32.1. The van der Waals surface area contributed by atoms with E-state index in [2.05, 4.69) is 15.6 Å². The molecule has 1 aliphatic heterocycles. The average molecular weight is 323 g/mol. The number of carbonyl (C=O) groups is 1. The van der Waals surface area contributed by atoms with E-state index in [-0.39, 0.29) is 5.56 Å². The van der Waals surface area contributed by atoms with Crippen LogP contribution in [-0.2, 0) is 0 Å². The van der Waals surface area contributed by atoms with Gasteiger partial charge in [0.05, 0.1) is 5.56 Å². The molecule has 1 aliphatic rings. The van der Waals surface area contributed by atoms with Crippen LogP contribution >= 0.6 is 11.3 Å². The number of nitrogens with zero attached hydrogens (tertiary/aromatic N) is 1.